The average Bonchev–Trinajstić information content (AvgIpc) is 2.41. The van der Waals surface area contributed by atoms with Crippen LogP contribution in [0.2, 0.25) is 0 Å². The molecule has 14 heavy (non-hydrogen) atoms. The third-order valence-electron chi connectivity index (χ3n) is 2.46. The monoisotopic (exact) mass is 319 g/mol. The van der Waals surface area contributed by atoms with E-state index in [1.807, 2.05) is 13.1 Å². The van der Waals surface area contributed by atoms with E-state index in [1.165, 1.54) is 5.56 Å². The molecule has 2 rings (SSSR count). The summed E-state index contributed by atoms with van der Waals surface area (Å²) < 4.78 is 7.84. The van der Waals surface area contributed by atoms with E-state index in [1.54, 1.807) is 0 Å². The molecule has 0 saturated heterocycles. The summed E-state index contributed by atoms with van der Waals surface area (Å²) in [4.78, 5) is 0. The van der Waals surface area contributed by atoms with Crippen LogP contribution >= 0.6 is 31.9 Å². The lowest BCUT2D eigenvalue weighted by Gasteiger charge is -2.12. The smallest absolute Gasteiger partial charge is 0.138 e. The minimum Gasteiger partial charge on any atom is -0.487 e. The fourth-order valence-corrected chi connectivity index (χ4v) is 3.18. The van der Waals surface area contributed by atoms with Crippen molar-refractivity contribution in [2.24, 2.45) is 0 Å². The van der Waals surface area contributed by atoms with E-state index in [-0.39, 0.29) is 12.1 Å². The average molecular weight is 321 g/mol. The Labute approximate surface area is 100 Å². The molecule has 1 aliphatic rings. The van der Waals surface area contributed by atoms with E-state index in [0.29, 0.717) is 0 Å². The summed E-state index contributed by atoms with van der Waals surface area (Å²) in [6.45, 7) is 2.07. The van der Waals surface area contributed by atoms with Gasteiger partial charge in [-0.2, -0.15) is 0 Å². The van der Waals surface area contributed by atoms with Crippen LogP contribution in [0.5, 0.6) is 5.75 Å². The molecule has 2 nitrogen and oxygen atoms in total. The van der Waals surface area contributed by atoms with Gasteiger partial charge in [0, 0.05) is 10.0 Å². The number of hydrogen-bond acceptors (Lipinski definition) is 2. The zero-order chi connectivity index (χ0) is 10.3. The lowest BCUT2D eigenvalue weighted by Crippen LogP contribution is -2.25. The number of fused-ring (bicyclic) bond motifs is 1. The summed E-state index contributed by atoms with van der Waals surface area (Å²) in [7, 11) is 1.95. The highest BCUT2D eigenvalue weighted by Gasteiger charge is 2.31. The highest BCUT2D eigenvalue weighted by molar-refractivity contribution is 9.11. The first-order valence-corrected chi connectivity index (χ1v) is 6.05. The fraction of sp³-hybridized carbons (Fsp3) is 0.400. The van der Waals surface area contributed by atoms with E-state index in [9.17, 15) is 0 Å². The van der Waals surface area contributed by atoms with Gasteiger partial charge in [0.1, 0.15) is 11.9 Å². The number of ether oxygens (including phenoxy) is 1. The van der Waals surface area contributed by atoms with Gasteiger partial charge in [-0.05, 0) is 42.0 Å². The van der Waals surface area contributed by atoms with Crippen LogP contribution in [0.1, 0.15) is 18.5 Å². The van der Waals surface area contributed by atoms with E-state index >= 15 is 0 Å². The SMILES string of the molecule is CNC1c2cc(Br)cc(Br)c2OC1C. The third kappa shape index (κ3) is 1.59. The molecule has 0 spiro atoms. The van der Waals surface area contributed by atoms with Crippen molar-refractivity contribution < 1.29 is 4.74 Å². The second-order valence-electron chi connectivity index (χ2n) is 3.40. The van der Waals surface area contributed by atoms with Gasteiger partial charge < -0.3 is 10.1 Å². The van der Waals surface area contributed by atoms with Gasteiger partial charge in [0.25, 0.3) is 0 Å². The molecule has 0 aromatic heterocycles. The Morgan fingerprint density at radius 2 is 2.07 bits per heavy atom. The van der Waals surface area contributed by atoms with Crippen LogP contribution in [-0.2, 0) is 0 Å². The fourth-order valence-electron chi connectivity index (χ4n) is 1.83. The minimum atomic E-state index is 0.181. The summed E-state index contributed by atoms with van der Waals surface area (Å²) in [5.74, 6) is 0.958. The van der Waals surface area contributed by atoms with E-state index < -0.39 is 0 Å². The maximum atomic E-state index is 5.77. The zero-order valence-corrected chi connectivity index (χ0v) is 11.1. The Balaban J connectivity index is 2.53. The Morgan fingerprint density at radius 3 is 2.71 bits per heavy atom. The lowest BCUT2D eigenvalue weighted by atomic mass is 10.1. The lowest BCUT2D eigenvalue weighted by molar-refractivity contribution is 0.213. The van der Waals surface area contributed by atoms with Crippen LogP contribution in [0.15, 0.2) is 21.1 Å². The van der Waals surface area contributed by atoms with Crippen molar-refractivity contribution in [2.75, 3.05) is 7.05 Å². The Kier molecular flexibility index (Phi) is 2.86. The van der Waals surface area contributed by atoms with E-state index in [0.717, 1.165) is 14.7 Å². The third-order valence-corrected chi connectivity index (χ3v) is 3.50. The van der Waals surface area contributed by atoms with Crippen molar-refractivity contribution in [1.82, 2.24) is 5.32 Å². The Morgan fingerprint density at radius 1 is 1.36 bits per heavy atom. The summed E-state index contributed by atoms with van der Waals surface area (Å²) >= 11 is 6.98. The van der Waals surface area contributed by atoms with Gasteiger partial charge in [0.2, 0.25) is 0 Å². The van der Waals surface area contributed by atoms with Crippen molar-refractivity contribution in [1.29, 1.82) is 0 Å². The summed E-state index contributed by atoms with van der Waals surface area (Å²) in [5, 5.41) is 3.26. The number of halogens is 2. The highest BCUT2D eigenvalue weighted by atomic mass is 79.9. The summed E-state index contributed by atoms with van der Waals surface area (Å²) in [5.41, 5.74) is 1.21. The molecule has 2 atom stereocenters. The first-order valence-electron chi connectivity index (χ1n) is 4.46. The maximum Gasteiger partial charge on any atom is 0.138 e. The van der Waals surface area contributed by atoms with E-state index in [4.69, 9.17) is 4.74 Å². The van der Waals surface area contributed by atoms with Crippen LogP contribution < -0.4 is 10.1 Å². The number of benzene rings is 1. The largest absolute Gasteiger partial charge is 0.487 e. The summed E-state index contributed by atoms with van der Waals surface area (Å²) in [6.07, 6.45) is 0.181. The van der Waals surface area contributed by atoms with Crippen molar-refractivity contribution in [3.63, 3.8) is 0 Å². The van der Waals surface area contributed by atoms with Crippen LogP contribution in [0.3, 0.4) is 0 Å². The first-order chi connectivity index (χ1) is 6.63. The summed E-state index contributed by atoms with van der Waals surface area (Å²) in [6, 6.07) is 4.38. The van der Waals surface area contributed by atoms with Crippen molar-refractivity contribution in [2.45, 2.75) is 19.1 Å². The van der Waals surface area contributed by atoms with Crippen LogP contribution in [0.4, 0.5) is 0 Å². The standard InChI is InChI=1S/C10H11Br2NO/c1-5-9(13-2)7-3-6(11)4-8(12)10(7)14-5/h3-5,9,13H,1-2H3. The number of hydrogen-bond donors (Lipinski definition) is 1. The van der Waals surface area contributed by atoms with Gasteiger partial charge >= 0.3 is 0 Å². The molecule has 1 heterocycles. The molecule has 0 amide bonds. The normalized spacial score (nSPS) is 24.6. The topological polar surface area (TPSA) is 21.3 Å². The number of rotatable bonds is 1. The molecule has 76 valence electrons. The van der Waals surface area contributed by atoms with Gasteiger partial charge in [0.15, 0.2) is 0 Å². The molecule has 0 aliphatic carbocycles. The van der Waals surface area contributed by atoms with Gasteiger partial charge in [-0.15, -0.1) is 0 Å². The molecule has 0 saturated carbocycles. The van der Waals surface area contributed by atoms with Crippen molar-refractivity contribution in [3.05, 3.63) is 26.6 Å². The van der Waals surface area contributed by atoms with Crippen LogP contribution in [0.25, 0.3) is 0 Å². The van der Waals surface area contributed by atoms with Crippen LogP contribution in [-0.4, -0.2) is 13.2 Å². The minimum absolute atomic E-state index is 0.181. The molecule has 1 N–H and O–H groups in total. The quantitative estimate of drug-likeness (QED) is 0.857. The Hall–Kier alpha value is -0.0600. The molecular formula is C10H11Br2NO. The molecule has 1 aromatic carbocycles. The van der Waals surface area contributed by atoms with Gasteiger partial charge in [-0.25, -0.2) is 0 Å². The molecule has 1 aromatic rings. The predicted octanol–water partition coefficient (Wildman–Crippen LogP) is 3.25. The first kappa shape index (κ1) is 10.5. The van der Waals surface area contributed by atoms with Crippen molar-refractivity contribution in [3.8, 4) is 5.75 Å². The zero-order valence-electron chi connectivity index (χ0n) is 7.97. The van der Waals surface area contributed by atoms with Gasteiger partial charge in [-0.3, -0.25) is 0 Å². The molecule has 0 radical (unpaired) electrons. The second kappa shape index (κ2) is 3.83. The van der Waals surface area contributed by atoms with Crippen molar-refractivity contribution >= 4 is 31.9 Å². The highest BCUT2D eigenvalue weighted by Crippen LogP contribution is 2.43. The maximum absolute atomic E-state index is 5.77. The number of likely N-dealkylation sites (N-methyl/N-ethyl adjacent to an activating group) is 1. The van der Waals surface area contributed by atoms with Gasteiger partial charge in [-0.1, -0.05) is 15.9 Å². The molecular weight excluding hydrogens is 310 g/mol. The molecule has 0 bridgehead atoms. The number of nitrogens with one attached hydrogen (secondary N) is 1. The van der Waals surface area contributed by atoms with E-state index in [2.05, 4.69) is 50.2 Å². The van der Waals surface area contributed by atoms with Gasteiger partial charge in [0.05, 0.1) is 10.5 Å². The second-order valence-corrected chi connectivity index (χ2v) is 5.17. The Bertz CT molecular complexity index is 367. The van der Waals surface area contributed by atoms with Crippen LogP contribution in [0, 0.1) is 0 Å². The molecule has 4 heteroatoms. The molecule has 1 aliphatic heterocycles. The molecule has 0 fully saturated rings. The predicted molar refractivity (Wildman–Crippen MR) is 63.7 cm³/mol. The molecule has 2 unspecified atom stereocenters.